The Hall–Kier alpha value is -2.80. The second-order valence-corrected chi connectivity index (χ2v) is 5.83. The van der Waals surface area contributed by atoms with Crippen molar-refractivity contribution in [3.05, 3.63) is 62.7 Å². The molecule has 0 unspecified atom stereocenters. The summed E-state index contributed by atoms with van der Waals surface area (Å²) in [7, 11) is 0. The number of hydrogen-bond acceptors (Lipinski definition) is 5. The maximum Gasteiger partial charge on any atom is 0.292 e. The average Bonchev–Trinajstić information content (AvgIpc) is 2.56. The SMILES string of the molecule is Cc1cc(Cl)ccc1OCCCNC(=O)c1ccc(N)c([N+](=O)[O-])c1. The molecule has 0 aliphatic carbocycles. The molecule has 0 aliphatic rings. The fraction of sp³-hybridized carbons (Fsp3) is 0.235. The third-order valence-corrected chi connectivity index (χ3v) is 3.73. The van der Waals surface area contributed by atoms with Crippen molar-refractivity contribution in [1.29, 1.82) is 0 Å². The second-order valence-electron chi connectivity index (χ2n) is 5.40. The molecule has 0 heterocycles. The maximum absolute atomic E-state index is 12.0. The standard InChI is InChI=1S/C17H18ClN3O4/c1-11-9-13(18)4-6-16(11)25-8-2-7-20-17(22)12-3-5-14(19)15(10-12)21(23)24/h3-6,9-10H,2,7-8,19H2,1H3,(H,20,22). The van der Waals surface area contributed by atoms with Crippen LogP contribution in [0.4, 0.5) is 11.4 Å². The van der Waals surface area contributed by atoms with Crippen LogP contribution in [0, 0.1) is 17.0 Å². The van der Waals surface area contributed by atoms with Crippen molar-refractivity contribution in [1.82, 2.24) is 5.32 Å². The number of benzene rings is 2. The summed E-state index contributed by atoms with van der Waals surface area (Å²) in [4.78, 5) is 22.3. The summed E-state index contributed by atoms with van der Waals surface area (Å²) in [6.45, 7) is 2.70. The molecule has 2 aromatic rings. The molecular weight excluding hydrogens is 346 g/mol. The van der Waals surface area contributed by atoms with Gasteiger partial charge in [0, 0.05) is 23.2 Å². The van der Waals surface area contributed by atoms with Crippen LogP contribution in [0.3, 0.4) is 0 Å². The first-order chi connectivity index (χ1) is 11.9. The molecule has 0 fully saturated rings. The van der Waals surface area contributed by atoms with Crippen LogP contribution in [-0.2, 0) is 0 Å². The molecule has 0 saturated heterocycles. The zero-order valence-electron chi connectivity index (χ0n) is 13.6. The number of hydrogen-bond donors (Lipinski definition) is 2. The van der Waals surface area contributed by atoms with E-state index in [-0.39, 0.29) is 16.9 Å². The Kier molecular flexibility index (Phi) is 6.19. The Morgan fingerprint density at radius 3 is 2.76 bits per heavy atom. The minimum atomic E-state index is -0.617. The summed E-state index contributed by atoms with van der Waals surface area (Å²) in [5.74, 6) is 0.343. The minimum absolute atomic E-state index is 0.0216. The van der Waals surface area contributed by atoms with Gasteiger partial charge in [-0.15, -0.1) is 0 Å². The van der Waals surface area contributed by atoms with Gasteiger partial charge in [0.05, 0.1) is 11.5 Å². The van der Waals surface area contributed by atoms with E-state index in [0.717, 1.165) is 17.4 Å². The number of nitrogen functional groups attached to an aromatic ring is 1. The quantitative estimate of drug-likeness (QED) is 0.339. The normalized spacial score (nSPS) is 10.3. The van der Waals surface area contributed by atoms with Crippen LogP contribution in [0.15, 0.2) is 36.4 Å². The number of amides is 1. The summed E-state index contributed by atoms with van der Waals surface area (Å²) in [5.41, 5.74) is 6.37. The van der Waals surface area contributed by atoms with Gasteiger partial charge < -0.3 is 15.8 Å². The van der Waals surface area contributed by atoms with E-state index in [1.165, 1.54) is 12.1 Å². The predicted octanol–water partition coefficient (Wildman–Crippen LogP) is 3.34. The van der Waals surface area contributed by atoms with Crippen molar-refractivity contribution >= 4 is 28.9 Å². The van der Waals surface area contributed by atoms with Gasteiger partial charge in [-0.25, -0.2) is 0 Å². The van der Waals surface area contributed by atoms with Crippen LogP contribution in [0.1, 0.15) is 22.3 Å². The molecule has 132 valence electrons. The van der Waals surface area contributed by atoms with Crippen LogP contribution >= 0.6 is 11.6 Å². The molecule has 2 rings (SSSR count). The number of carbonyl (C=O) groups excluding carboxylic acids is 1. The molecule has 0 spiro atoms. The van der Waals surface area contributed by atoms with Gasteiger partial charge in [0.1, 0.15) is 11.4 Å². The van der Waals surface area contributed by atoms with Crippen LogP contribution in [0.2, 0.25) is 5.02 Å². The lowest BCUT2D eigenvalue weighted by molar-refractivity contribution is -0.383. The number of rotatable bonds is 7. The second kappa shape index (κ2) is 8.34. The number of nitrogens with one attached hydrogen (secondary N) is 1. The Bertz CT molecular complexity index is 795. The number of nitro benzene ring substituents is 1. The zero-order chi connectivity index (χ0) is 18.4. The molecule has 0 bridgehead atoms. The molecular formula is C17H18ClN3O4. The highest BCUT2D eigenvalue weighted by Crippen LogP contribution is 2.23. The molecule has 25 heavy (non-hydrogen) atoms. The lowest BCUT2D eigenvalue weighted by atomic mass is 10.1. The molecule has 2 aromatic carbocycles. The maximum atomic E-state index is 12.0. The Balaban J connectivity index is 1.81. The third-order valence-electron chi connectivity index (χ3n) is 3.49. The molecule has 7 nitrogen and oxygen atoms in total. The highest BCUT2D eigenvalue weighted by atomic mass is 35.5. The molecule has 0 atom stereocenters. The summed E-state index contributed by atoms with van der Waals surface area (Å²) < 4.78 is 5.63. The molecule has 0 radical (unpaired) electrons. The zero-order valence-corrected chi connectivity index (χ0v) is 14.4. The number of nitrogens with zero attached hydrogens (tertiary/aromatic N) is 1. The van der Waals surface area contributed by atoms with Crippen LogP contribution in [0.5, 0.6) is 5.75 Å². The summed E-state index contributed by atoms with van der Waals surface area (Å²) in [6, 6.07) is 9.32. The van der Waals surface area contributed by atoms with Gasteiger partial charge in [-0.05, 0) is 49.2 Å². The Morgan fingerprint density at radius 1 is 1.32 bits per heavy atom. The van der Waals surface area contributed by atoms with Crippen molar-refractivity contribution in [2.75, 3.05) is 18.9 Å². The number of carbonyl (C=O) groups is 1. The largest absolute Gasteiger partial charge is 0.493 e. The number of aryl methyl sites for hydroxylation is 1. The highest BCUT2D eigenvalue weighted by Gasteiger charge is 2.15. The van der Waals surface area contributed by atoms with Gasteiger partial charge >= 0.3 is 0 Å². The fourth-order valence-corrected chi connectivity index (χ4v) is 2.40. The summed E-state index contributed by atoms with van der Waals surface area (Å²) in [6.07, 6.45) is 0.588. The lowest BCUT2D eigenvalue weighted by Crippen LogP contribution is -2.25. The first kappa shape index (κ1) is 18.5. The van der Waals surface area contributed by atoms with Crippen LogP contribution in [-0.4, -0.2) is 24.0 Å². The van der Waals surface area contributed by atoms with Crippen molar-refractivity contribution in [3.8, 4) is 5.75 Å². The van der Waals surface area contributed by atoms with Gasteiger partial charge in [0.15, 0.2) is 0 Å². The molecule has 8 heteroatoms. The third kappa shape index (κ3) is 5.09. The smallest absolute Gasteiger partial charge is 0.292 e. The van der Waals surface area contributed by atoms with Crippen LogP contribution < -0.4 is 15.8 Å². The van der Waals surface area contributed by atoms with Crippen LogP contribution in [0.25, 0.3) is 0 Å². The van der Waals surface area contributed by atoms with E-state index in [4.69, 9.17) is 22.1 Å². The lowest BCUT2D eigenvalue weighted by Gasteiger charge is -2.10. The van der Waals surface area contributed by atoms with Crippen molar-refractivity contribution < 1.29 is 14.5 Å². The van der Waals surface area contributed by atoms with Crippen molar-refractivity contribution in [3.63, 3.8) is 0 Å². The van der Waals surface area contributed by atoms with Gasteiger partial charge in [-0.2, -0.15) is 0 Å². The molecule has 1 amide bonds. The van der Waals surface area contributed by atoms with E-state index >= 15 is 0 Å². The minimum Gasteiger partial charge on any atom is -0.493 e. The topological polar surface area (TPSA) is 107 Å². The van der Waals surface area contributed by atoms with E-state index in [1.807, 2.05) is 13.0 Å². The first-order valence-electron chi connectivity index (χ1n) is 7.59. The molecule has 3 N–H and O–H groups in total. The van der Waals surface area contributed by atoms with Crippen molar-refractivity contribution in [2.45, 2.75) is 13.3 Å². The molecule has 0 saturated carbocycles. The van der Waals surface area contributed by atoms with Gasteiger partial charge in [-0.3, -0.25) is 14.9 Å². The summed E-state index contributed by atoms with van der Waals surface area (Å²) in [5, 5.41) is 14.2. The monoisotopic (exact) mass is 363 g/mol. The van der Waals surface area contributed by atoms with E-state index in [9.17, 15) is 14.9 Å². The van der Waals surface area contributed by atoms with Gasteiger partial charge in [0.2, 0.25) is 0 Å². The predicted molar refractivity (Wildman–Crippen MR) is 96.1 cm³/mol. The van der Waals surface area contributed by atoms with Gasteiger partial charge in [0.25, 0.3) is 11.6 Å². The fourth-order valence-electron chi connectivity index (χ4n) is 2.18. The first-order valence-corrected chi connectivity index (χ1v) is 7.97. The summed E-state index contributed by atoms with van der Waals surface area (Å²) >= 11 is 5.88. The Morgan fingerprint density at radius 2 is 2.08 bits per heavy atom. The number of anilines is 1. The molecule has 0 aliphatic heterocycles. The number of nitrogens with two attached hydrogens (primary N) is 1. The van der Waals surface area contributed by atoms with Crippen molar-refractivity contribution in [2.24, 2.45) is 0 Å². The average molecular weight is 364 g/mol. The molecule has 0 aromatic heterocycles. The van der Waals surface area contributed by atoms with E-state index in [1.54, 1.807) is 12.1 Å². The number of halogens is 1. The van der Waals surface area contributed by atoms with Gasteiger partial charge in [-0.1, -0.05) is 11.6 Å². The Labute approximate surface area is 149 Å². The van der Waals surface area contributed by atoms with E-state index in [0.29, 0.717) is 24.6 Å². The van der Waals surface area contributed by atoms with E-state index in [2.05, 4.69) is 5.32 Å². The highest BCUT2D eigenvalue weighted by molar-refractivity contribution is 6.30. The number of nitro groups is 1. The van der Waals surface area contributed by atoms with E-state index < -0.39 is 10.8 Å². The number of ether oxygens (including phenoxy) is 1.